The molecule has 1 fully saturated rings. The minimum atomic E-state index is -4.36. The van der Waals surface area contributed by atoms with Crippen LogP contribution in [0.15, 0.2) is 21.6 Å². The van der Waals surface area contributed by atoms with Crippen molar-refractivity contribution in [2.75, 3.05) is 12.3 Å². The number of thioether (sulfide) groups is 1. The predicted molar refractivity (Wildman–Crippen MR) is 72.3 cm³/mol. The molecule has 1 heterocycles. The van der Waals surface area contributed by atoms with Gasteiger partial charge >= 0.3 is 5.51 Å². The van der Waals surface area contributed by atoms with Gasteiger partial charge in [0.1, 0.15) is 5.76 Å². The molecule has 0 bridgehead atoms. The summed E-state index contributed by atoms with van der Waals surface area (Å²) in [6.07, 6.45) is 2.20. The van der Waals surface area contributed by atoms with Crippen LogP contribution in [0.1, 0.15) is 18.6 Å². The Labute approximate surface area is 124 Å². The largest absolute Gasteiger partial charge is 0.447 e. The zero-order valence-electron chi connectivity index (χ0n) is 10.9. The Morgan fingerprint density at radius 3 is 2.67 bits per heavy atom. The van der Waals surface area contributed by atoms with Crippen molar-refractivity contribution in [3.8, 4) is 0 Å². The van der Waals surface area contributed by atoms with Gasteiger partial charge in [-0.25, -0.2) is 13.1 Å². The Hall–Kier alpha value is -0.710. The number of alkyl halides is 3. The molecule has 2 N–H and O–H groups in total. The first kappa shape index (κ1) is 16.7. The third-order valence-electron chi connectivity index (χ3n) is 2.70. The van der Waals surface area contributed by atoms with E-state index in [0.717, 1.165) is 12.8 Å². The number of hydrogen-bond donors (Lipinski definition) is 2. The van der Waals surface area contributed by atoms with E-state index in [9.17, 15) is 21.6 Å². The maximum atomic E-state index is 11.9. The maximum Gasteiger partial charge on any atom is 0.441 e. The summed E-state index contributed by atoms with van der Waals surface area (Å²) < 4.78 is 66.6. The van der Waals surface area contributed by atoms with E-state index in [1.807, 2.05) is 0 Å². The Balaban J connectivity index is 1.80. The van der Waals surface area contributed by atoms with Crippen LogP contribution < -0.4 is 10.0 Å². The Morgan fingerprint density at radius 2 is 2.05 bits per heavy atom. The van der Waals surface area contributed by atoms with E-state index in [1.54, 1.807) is 0 Å². The summed E-state index contributed by atoms with van der Waals surface area (Å²) in [7, 11) is -3.91. The van der Waals surface area contributed by atoms with E-state index in [-0.39, 0.29) is 29.2 Å². The van der Waals surface area contributed by atoms with Crippen LogP contribution in [-0.2, 0) is 16.6 Å². The molecule has 5 nitrogen and oxygen atoms in total. The lowest BCUT2D eigenvalue weighted by atomic mass is 10.4. The molecule has 2 rings (SSSR count). The fourth-order valence-corrected chi connectivity index (χ4v) is 3.09. The molecule has 1 aliphatic carbocycles. The molecule has 0 atom stereocenters. The number of hydrogen-bond acceptors (Lipinski definition) is 5. The number of halogens is 3. The summed E-state index contributed by atoms with van der Waals surface area (Å²) >= 11 is -0.275. The fraction of sp³-hybridized carbons (Fsp3) is 0.636. The molecule has 0 spiro atoms. The molecule has 10 heteroatoms. The smallest absolute Gasteiger partial charge is 0.441 e. The zero-order chi connectivity index (χ0) is 15.5. The van der Waals surface area contributed by atoms with Gasteiger partial charge < -0.3 is 9.73 Å². The first-order chi connectivity index (χ1) is 9.76. The van der Waals surface area contributed by atoms with Gasteiger partial charge in [0.05, 0.1) is 6.54 Å². The summed E-state index contributed by atoms with van der Waals surface area (Å²) in [5, 5.41) is 2.88. The van der Waals surface area contributed by atoms with Gasteiger partial charge in [-0.15, -0.1) is 0 Å². The quantitative estimate of drug-likeness (QED) is 0.707. The molecular formula is C11H15F3N2O3S2. The van der Waals surface area contributed by atoms with E-state index < -0.39 is 15.5 Å². The van der Waals surface area contributed by atoms with Crippen molar-refractivity contribution in [1.29, 1.82) is 0 Å². The molecule has 0 aliphatic heterocycles. The second-order valence-corrected chi connectivity index (χ2v) is 7.43. The van der Waals surface area contributed by atoms with Crippen molar-refractivity contribution in [2.24, 2.45) is 0 Å². The van der Waals surface area contributed by atoms with Gasteiger partial charge in [-0.2, -0.15) is 13.2 Å². The summed E-state index contributed by atoms with van der Waals surface area (Å²) in [5.74, 6) is 0.0893. The van der Waals surface area contributed by atoms with E-state index in [2.05, 4.69) is 10.0 Å². The van der Waals surface area contributed by atoms with Gasteiger partial charge in [0.2, 0.25) is 5.09 Å². The van der Waals surface area contributed by atoms with Gasteiger partial charge in [-0.1, -0.05) is 0 Å². The standard InChI is InChI=1S/C11H15F3N2O3S2/c12-11(13,14)20-6-5-16-21(17,18)10-4-3-9(19-10)7-15-8-1-2-8/h3-4,8,15-16H,1-2,5-7H2. The molecule has 21 heavy (non-hydrogen) atoms. The highest BCUT2D eigenvalue weighted by Gasteiger charge is 2.28. The van der Waals surface area contributed by atoms with E-state index in [4.69, 9.17) is 4.42 Å². The highest BCUT2D eigenvalue weighted by molar-refractivity contribution is 8.00. The van der Waals surface area contributed by atoms with Crippen molar-refractivity contribution in [1.82, 2.24) is 10.0 Å². The topological polar surface area (TPSA) is 71.3 Å². The van der Waals surface area contributed by atoms with Gasteiger partial charge in [-0.05, 0) is 36.7 Å². The second-order valence-electron chi connectivity index (χ2n) is 4.57. The van der Waals surface area contributed by atoms with Crippen molar-refractivity contribution in [3.05, 3.63) is 17.9 Å². The summed E-state index contributed by atoms with van der Waals surface area (Å²) in [5.41, 5.74) is -4.36. The molecule has 1 aromatic rings. The van der Waals surface area contributed by atoms with E-state index in [0.29, 0.717) is 18.3 Å². The van der Waals surface area contributed by atoms with Crippen LogP contribution >= 0.6 is 11.8 Å². The molecule has 0 amide bonds. The normalized spacial score (nSPS) is 16.3. The van der Waals surface area contributed by atoms with Crippen LogP contribution in [0.4, 0.5) is 13.2 Å². The lowest BCUT2D eigenvalue weighted by Gasteiger charge is -2.06. The Bertz CT molecular complexity index is 568. The summed E-state index contributed by atoms with van der Waals surface area (Å²) in [6.45, 7) is 0.118. The van der Waals surface area contributed by atoms with Crippen LogP contribution in [0.25, 0.3) is 0 Å². The second kappa shape index (κ2) is 6.59. The number of sulfonamides is 1. The zero-order valence-corrected chi connectivity index (χ0v) is 12.6. The Kier molecular flexibility index (Phi) is 5.23. The predicted octanol–water partition coefficient (Wildman–Crippen LogP) is 2.06. The third kappa shape index (κ3) is 5.89. The van der Waals surface area contributed by atoms with Gasteiger partial charge in [0, 0.05) is 18.3 Å². The Morgan fingerprint density at radius 1 is 1.33 bits per heavy atom. The first-order valence-corrected chi connectivity index (χ1v) is 8.75. The van der Waals surface area contributed by atoms with Crippen LogP contribution in [-0.4, -0.2) is 32.3 Å². The fourth-order valence-electron chi connectivity index (χ4n) is 1.54. The van der Waals surface area contributed by atoms with E-state index in [1.165, 1.54) is 12.1 Å². The summed E-state index contributed by atoms with van der Waals surface area (Å²) in [4.78, 5) is 0. The molecule has 120 valence electrons. The molecule has 1 aromatic heterocycles. The maximum absolute atomic E-state index is 11.9. The lowest BCUT2D eigenvalue weighted by molar-refractivity contribution is -0.0327. The minimum absolute atomic E-state index is 0.275. The van der Waals surface area contributed by atoms with Gasteiger partial charge in [0.25, 0.3) is 10.0 Å². The number of rotatable bonds is 8. The number of nitrogens with one attached hydrogen (secondary N) is 2. The van der Waals surface area contributed by atoms with Crippen LogP contribution in [0.2, 0.25) is 0 Å². The molecule has 0 aromatic carbocycles. The highest BCUT2D eigenvalue weighted by atomic mass is 32.2. The van der Waals surface area contributed by atoms with Crippen molar-refractivity contribution in [2.45, 2.75) is 36.0 Å². The molecule has 0 radical (unpaired) electrons. The van der Waals surface area contributed by atoms with Gasteiger partial charge in [-0.3, -0.25) is 0 Å². The first-order valence-electron chi connectivity index (χ1n) is 6.29. The monoisotopic (exact) mass is 344 g/mol. The molecular weight excluding hydrogens is 329 g/mol. The average molecular weight is 344 g/mol. The number of furan rings is 1. The van der Waals surface area contributed by atoms with Crippen molar-refractivity contribution < 1.29 is 26.0 Å². The lowest BCUT2D eigenvalue weighted by Crippen LogP contribution is -2.26. The minimum Gasteiger partial charge on any atom is -0.447 e. The average Bonchev–Trinajstić information content (AvgIpc) is 3.07. The summed E-state index contributed by atoms with van der Waals surface area (Å²) in [6, 6.07) is 3.30. The molecule has 0 unspecified atom stereocenters. The van der Waals surface area contributed by atoms with Crippen LogP contribution in [0.5, 0.6) is 0 Å². The van der Waals surface area contributed by atoms with Gasteiger partial charge in [0.15, 0.2) is 0 Å². The molecule has 1 saturated carbocycles. The molecule has 0 saturated heterocycles. The third-order valence-corrected chi connectivity index (χ3v) is 4.77. The highest BCUT2D eigenvalue weighted by Crippen LogP contribution is 2.29. The van der Waals surface area contributed by atoms with Crippen LogP contribution in [0.3, 0.4) is 0 Å². The van der Waals surface area contributed by atoms with Crippen molar-refractivity contribution in [3.63, 3.8) is 0 Å². The van der Waals surface area contributed by atoms with E-state index >= 15 is 0 Å². The van der Waals surface area contributed by atoms with Crippen LogP contribution in [0, 0.1) is 0 Å². The SMILES string of the molecule is O=S(=O)(NCCSC(F)(F)F)c1ccc(CNC2CC2)o1. The van der Waals surface area contributed by atoms with Crippen molar-refractivity contribution >= 4 is 21.8 Å². The molecule has 1 aliphatic rings.